The summed E-state index contributed by atoms with van der Waals surface area (Å²) in [7, 11) is 4.71. The lowest BCUT2D eigenvalue weighted by Gasteiger charge is -2.24. The molecular weight excluding hydrogens is 400 g/mol. The summed E-state index contributed by atoms with van der Waals surface area (Å²) >= 11 is 0. The van der Waals surface area contributed by atoms with Gasteiger partial charge in [0.15, 0.2) is 11.5 Å². The molecule has 1 heterocycles. The minimum atomic E-state index is -0.930. The quantitative estimate of drug-likeness (QED) is 0.657. The average molecular weight is 426 g/mol. The zero-order valence-corrected chi connectivity index (χ0v) is 17.8. The zero-order valence-electron chi connectivity index (χ0n) is 17.8. The Morgan fingerprint density at radius 2 is 1.84 bits per heavy atom. The molecule has 0 aliphatic carbocycles. The van der Waals surface area contributed by atoms with Crippen LogP contribution in [-0.4, -0.2) is 49.0 Å². The number of hydrogen-bond donors (Lipinski definition) is 1. The maximum Gasteiger partial charge on any atom is 0.303 e. The van der Waals surface area contributed by atoms with E-state index in [1.54, 1.807) is 27.4 Å². The number of para-hydroxylation sites is 1. The molecule has 0 saturated heterocycles. The van der Waals surface area contributed by atoms with Crippen molar-refractivity contribution in [2.75, 3.05) is 21.3 Å². The van der Waals surface area contributed by atoms with Gasteiger partial charge in [-0.25, -0.2) is 5.01 Å². The third-order valence-corrected chi connectivity index (χ3v) is 5.14. The van der Waals surface area contributed by atoms with E-state index in [-0.39, 0.29) is 25.2 Å². The van der Waals surface area contributed by atoms with Gasteiger partial charge in [-0.3, -0.25) is 9.59 Å². The normalized spacial score (nSPS) is 15.4. The van der Waals surface area contributed by atoms with Crippen LogP contribution in [0, 0.1) is 0 Å². The van der Waals surface area contributed by atoms with Gasteiger partial charge in [0.05, 0.1) is 33.1 Å². The first kappa shape index (κ1) is 22.1. The highest BCUT2D eigenvalue weighted by Gasteiger charge is 2.35. The highest BCUT2D eigenvalue weighted by molar-refractivity contribution is 6.03. The minimum Gasteiger partial charge on any atom is -0.497 e. The standard InChI is InChI=1S/C23H26N2O6/c1-29-16-8-4-7-15(13-16)18-14-19(17-9-5-10-20(30-2)23(17)31-3)25(24-18)21(26)11-6-12-22(27)28/h4-5,7-10,13,19H,6,11-12,14H2,1-3H3,(H,27,28). The summed E-state index contributed by atoms with van der Waals surface area (Å²) in [6, 6.07) is 12.6. The van der Waals surface area contributed by atoms with Crippen LogP contribution < -0.4 is 14.2 Å². The van der Waals surface area contributed by atoms with Crippen LogP contribution in [0.15, 0.2) is 47.6 Å². The number of aliphatic carboxylic acids is 1. The Labute approximate surface area is 181 Å². The molecule has 31 heavy (non-hydrogen) atoms. The molecule has 8 heteroatoms. The lowest BCUT2D eigenvalue weighted by molar-refractivity contribution is -0.137. The van der Waals surface area contributed by atoms with Crippen LogP contribution in [0.5, 0.6) is 17.2 Å². The first-order valence-electron chi connectivity index (χ1n) is 9.95. The second kappa shape index (κ2) is 9.97. The Hall–Kier alpha value is -3.55. The summed E-state index contributed by atoms with van der Waals surface area (Å²) in [6.45, 7) is 0. The Bertz CT molecular complexity index is 988. The van der Waals surface area contributed by atoms with E-state index >= 15 is 0 Å². The molecular formula is C23H26N2O6. The number of rotatable bonds is 9. The van der Waals surface area contributed by atoms with Crippen molar-refractivity contribution in [2.24, 2.45) is 5.10 Å². The molecule has 1 aliphatic heterocycles. The van der Waals surface area contributed by atoms with Crippen molar-refractivity contribution in [1.29, 1.82) is 0 Å². The van der Waals surface area contributed by atoms with Gasteiger partial charge in [0.1, 0.15) is 5.75 Å². The number of benzene rings is 2. The summed E-state index contributed by atoms with van der Waals surface area (Å²) in [6.07, 6.45) is 0.737. The predicted octanol–water partition coefficient (Wildman–Crippen LogP) is 3.65. The van der Waals surface area contributed by atoms with Gasteiger partial charge in [-0.05, 0) is 24.6 Å². The van der Waals surface area contributed by atoms with E-state index < -0.39 is 12.0 Å². The smallest absolute Gasteiger partial charge is 0.303 e. The molecule has 0 saturated carbocycles. The zero-order chi connectivity index (χ0) is 22.4. The fourth-order valence-electron chi connectivity index (χ4n) is 3.64. The van der Waals surface area contributed by atoms with Crippen LogP contribution in [0.1, 0.15) is 42.9 Å². The number of amides is 1. The first-order valence-corrected chi connectivity index (χ1v) is 9.95. The number of ether oxygens (including phenoxy) is 3. The topological polar surface area (TPSA) is 97.7 Å². The lowest BCUT2D eigenvalue weighted by Crippen LogP contribution is -2.27. The van der Waals surface area contributed by atoms with E-state index in [9.17, 15) is 9.59 Å². The van der Waals surface area contributed by atoms with Crippen molar-refractivity contribution in [3.8, 4) is 17.2 Å². The van der Waals surface area contributed by atoms with Crippen molar-refractivity contribution in [1.82, 2.24) is 5.01 Å². The van der Waals surface area contributed by atoms with Crippen LogP contribution in [-0.2, 0) is 9.59 Å². The molecule has 0 bridgehead atoms. The third-order valence-electron chi connectivity index (χ3n) is 5.14. The molecule has 164 valence electrons. The number of hydrogen-bond acceptors (Lipinski definition) is 6. The Morgan fingerprint density at radius 1 is 1.06 bits per heavy atom. The van der Waals surface area contributed by atoms with Crippen molar-refractivity contribution >= 4 is 17.6 Å². The molecule has 1 atom stereocenters. The molecule has 1 N–H and O–H groups in total. The molecule has 0 fully saturated rings. The molecule has 3 rings (SSSR count). The molecule has 1 unspecified atom stereocenters. The number of nitrogens with zero attached hydrogens (tertiary/aromatic N) is 2. The van der Waals surface area contributed by atoms with Crippen molar-refractivity contribution < 1.29 is 28.9 Å². The Morgan fingerprint density at radius 3 is 2.52 bits per heavy atom. The van der Waals surface area contributed by atoms with E-state index in [0.717, 1.165) is 16.8 Å². The molecule has 1 aliphatic rings. The van der Waals surface area contributed by atoms with Crippen LogP contribution in [0.2, 0.25) is 0 Å². The van der Waals surface area contributed by atoms with E-state index in [2.05, 4.69) is 5.10 Å². The van der Waals surface area contributed by atoms with Gasteiger partial charge in [-0.1, -0.05) is 24.3 Å². The summed E-state index contributed by atoms with van der Waals surface area (Å²) in [5.74, 6) is 0.630. The fourth-order valence-corrected chi connectivity index (χ4v) is 3.64. The molecule has 0 radical (unpaired) electrons. The SMILES string of the molecule is COc1cccc(C2=NN(C(=O)CCCC(=O)O)C(c3cccc(OC)c3OC)C2)c1. The van der Waals surface area contributed by atoms with Gasteiger partial charge in [0.2, 0.25) is 5.91 Å². The van der Waals surface area contributed by atoms with Crippen molar-refractivity contribution in [2.45, 2.75) is 31.7 Å². The fraction of sp³-hybridized carbons (Fsp3) is 0.348. The molecule has 1 amide bonds. The maximum atomic E-state index is 13.0. The molecule has 8 nitrogen and oxygen atoms in total. The van der Waals surface area contributed by atoms with E-state index in [0.29, 0.717) is 23.7 Å². The number of hydrazone groups is 1. The van der Waals surface area contributed by atoms with Crippen LogP contribution >= 0.6 is 0 Å². The Kier molecular flexibility index (Phi) is 7.12. The summed E-state index contributed by atoms with van der Waals surface area (Å²) in [5, 5.41) is 15.0. The first-order chi connectivity index (χ1) is 15.0. The second-order valence-electron chi connectivity index (χ2n) is 7.07. The van der Waals surface area contributed by atoms with Gasteiger partial charge in [-0.2, -0.15) is 5.10 Å². The number of carboxylic acid groups (broad SMARTS) is 1. The number of carbonyl (C=O) groups is 2. The van der Waals surface area contributed by atoms with Crippen LogP contribution in [0.4, 0.5) is 0 Å². The number of methoxy groups -OCH3 is 3. The summed E-state index contributed by atoms with van der Waals surface area (Å²) in [5.41, 5.74) is 2.36. The van der Waals surface area contributed by atoms with Crippen LogP contribution in [0.3, 0.4) is 0 Å². The highest BCUT2D eigenvalue weighted by atomic mass is 16.5. The largest absolute Gasteiger partial charge is 0.497 e. The maximum absolute atomic E-state index is 13.0. The number of carbonyl (C=O) groups excluding carboxylic acids is 1. The van der Waals surface area contributed by atoms with Crippen LogP contribution in [0.25, 0.3) is 0 Å². The predicted molar refractivity (Wildman–Crippen MR) is 115 cm³/mol. The summed E-state index contributed by atoms with van der Waals surface area (Å²) in [4.78, 5) is 23.8. The average Bonchev–Trinajstić information content (AvgIpc) is 3.23. The van der Waals surface area contributed by atoms with Gasteiger partial charge in [0.25, 0.3) is 0 Å². The van der Waals surface area contributed by atoms with Gasteiger partial charge >= 0.3 is 5.97 Å². The summed E-state index contributed by atoms with van der Waals surface area (Å²) < 4.78 is 16.3. The highest BCUT2D eigenvalue weighted by Crippen LogP contribution is 2.42. The van der Waals surface area contributed by atoms with Gasteiger partial charge < -0.3 is 19.3 Å². The van der Waals surface area contributed by atoms with E-state index in [1.165, 1.54) is 5.01 Å². The van der Waals surface area contributed by atoms with Crippen molar-refractivity contribution in [3.05, 3.63) is 53.6 Å². The Balaban J connectivity index is 1.97. The van der Waals surface area contributed by atoms with Crippen molar-refractivity contribution in [3.63, 3.8) is 0 Å². The molecule has 2 aromatic rings. The monoisotopic (exact) mass is 426 g/mol. The third kappa shape index (κ3) is 4.96. The molecule has 2 aromatic carbocycles. The molecule has 0 spiro atoms. The van der Waals surface area contributed by atoms with E-state index in [1.807, 2.05) is 36.4 Å². The van der Waals surface area contributed by atoms with E-state index in [4.69, 9.17) is 19.3 Å². The number of carboxylic acids is 1. The lowest BCUT2D eigenvalue weighted by atomic mass is 9.97. The second-order valence-corrected chi connectivity index (χ2v) is 7.07. The van der Waals surface area contributed by atoms with Gasteiger partial charge in [0, 0.05) is 30.4 Å². The minimum absolute atomic E-state index is 0.0703. The van der Waals surface area contributed by atoms with Gasteiger partial charge in [-0.15, -0.1) is 0 Å². The molecule has 0 aromatic heterocycles.